The molecule has 0 fully saturated rings. The third-order valence-electron chi connectivity index (χ3n) is 1.20. The predicted molar refractivity (Wildman–Crippen MR) is 40.8 cm³/mol. The van der Waals surface area contributed by atoms with Crippen LogP contribution in [0.2, 0.25) is 0 Å². The number of hydrogen-bond acceptors (Lipinski definition) is 0. The van der Waals surface area contributed by atoms with Gasteiger partial charge in [0.15, 0.2) is 0 Å². The number of alkyl halides is 2. The molecule has 60 valence electrons. The molecule has 0 saturated heterocycles. The second kappa shape index (κ2) is 3.37. The summed E-state index contributed by atoms with van der Waals surface area (Å²) < 4.78 is 25.0. The van der Waals surface area contributed by atoms with Crippen molar-refractivity contribution in [3.05, 3.63) is 35.4 Å². The molecule has 0 saturated carbocycles. The zero-order valence-electron chi connectivity index (χ0n) is 5.32. The maximum absolute atomic E-state index is 12.7. The largest absolute Gasteiger partial charge is 0.207 e. The summed E-state index contributed by atoms with van der Waals surface area (Å²) >= 11 is 10.7. The molecule has 0 aliphatic rings. The van der Waals surface area contributed by atoms with Gasteiger partial charge in [-0.2, -0.15) is 0 Å². The van der Waals surface area contributed by atoms with Gasteiger partial charge in [-0.15, -0.1) is 0 Å². The van der Waals surface area contributed by atoms with Crippen molar-refractivity contribution >= 4 is 23.2 Å². The summed E-state index contributed by atoms with van der Waals surface area (Å²) in [5.74, 6) is -1.36. The van der Waals surface area contributed by atoms with E-state index >= 15 is 0 Å². The van der Waals surface area contributed by atoms with E-state index in [9.17, 15) is 8.78 Å². The molecular weight excluding hydrogens is 193 g/mol. The van der Waals surface area contributed by atoms with Crippen molar-refractivity contribution < 1.29 is 8.78 Å². The summed E-state index contributed by atoms with van der Waals surface area (Å²) in [5, 5.41) is 0. The number of benzene rings is 1. The highest BCUT2D eigenvalue weighted by Crippen LogP contribution is 2.26. The predicted octanol–water partition coefficient (Wildman–Crippen LogP) is 3.44. The van der Waals surface area contributed by atoms with Gasteiger partial charge in [-0.25, -0.2) is 8.78 Å². The third-order valence-corrected chi connectivity index (χ3v) is 1.67. The first-order valence-electron chi connectivity index (χ1n) is 2.84. The molecule has 0 aromatic heterocycles. The Hall–Kier alpha value is -0.340. The first-order valence-corrected chi connectivity index (χ1v) is 3.71. The molecule has 0 atom stereocenters. The van der Waals surface area contributed by atoms with E-state index in [0.29, 0.717) is 0 Å². The van der Waals surface area contributed by atoms with Crippen LogP contribution in [0.3, 0.4) is 0 Å². The third kappa shape index (κ3) is 2.04. The summed E-state index contributed by atoms with van der Waals surface area (Å²) in [6.45, 7) is 0. The van der Waals surface area contributed by atoms with Crippen LogP contribution in [0.25, 0.3) is 0 Å². The van der Waals surface area contributed by atoms with Gasteiger partial charge >= 0.3 is 0 Å². The zero-order valence-corrected chi connectivity index (χ0v) is 6.83. The molecule has 1 rings (SSSR count). The van der Waals surface area contributed by atoms with Crippen LogP contribution in [-0.2, 0) is 0 Å². The SMILES string of the molecule is Fc1ccc(C(Cl)Cl)c(F)c1. The van der Waals surface area contributed by atoms with E-state index in [-0.39, 0.29) is 5.56 Å². The lowest BCUT2D eigenvalue weighted by molar-refractivity contribution is 0.576. The van der Waals surface area contributed by atoms with Crippen molar-refractivity contribution in [2.24, 2.45) is 0 Å². The average Bonchev–Trinajstić information content (AvgIpc) is 1.85. The lowest BCUT2D eigenvalue weighted by atomic mass is 10.2. The van der Waals surface area contributed by atoms with Crippen molar-refractivity contribution in [2.75, 3.05) is 0 Å². The number of rotatable bonds is 1. The summed E-state index contributed by atoms with van der Waals surface area (Å²) in [5.41, 5.74) is 0.0923. The van der Waals surface area contributed by atoms with Gasteiger partial charge in [0.1, 0.15) is 16.5 Å². The van der Waals surface area contributed by atoms with Crippen LogP contribution >= 0.6 is 23.2 Å². The minimum absolute atomic E-state index is 0.0923. The highest BCUT2D eigenvalue weighted by atomic mass is 35.5. The highest BCUT2D eigenvalue weighted by molar-refractivity contribution is 6.44. The van der Waals surface area contributed by atoms with E-state index in [0.717, 1.165) is 12.1 Å². The molecule has 0 aliphatic carbocycles. The Morgan fingerprint density at radius 2 is 1.82 bits per heavy atom. The zero-order chi connectivity index (χ0) is 8.43. The van der Waals surface area contributed by atoms with Crippen LogP contribution in [0.5, 0.6) is 0 Å². The van der Waals surface area contributed by atoms with Crippen LogP contribution < -0.4 is 0 Å². The van der Waals surface area contributed by atoms with Crippen molar-refractivity contribution in [2.45, 2.75) is 4.84 Å². The van der Waals surface area contributed by atoms with Crippen LogP contribution in [0.15, 0.2) is 18.2 Å². The fourth-order valence-electron chi connectivity index (χ4n) is 0.678. The molecule has 0 aliphatic heterocycles. The van der Waals surface area contributed by atoms with Gasteiger partial charge in [0.2, 0.25) is 0 Å². The Morgan fingerprint density at radius 3 is 2.27 bits per heavy atom. The Morgan fingerprint density at radius 1 is 1.18 bits per heavy atom. The molecule has 0 unspecified atom stereocenters. The Labute approximate surface area is 72.7 Å². The summed E-state index contributed by atoms with van der Waals surface area (Å²) in [7, 11) is 0. The topological polar surface area (TPSA) is 0 Å². The second-order valence-electron chi connectivity index (χ2n) is 1.97. The van der Waals surface area contributed by atoms with Crippen LogP contribution in [0.4, 0.5) is 8.78 Å². The molecule has 4 heteroatoms. The minimum Gasteiger partial charge on any atom is -0.207 e. The molecule has 0 nitrogen and oxygen atoms in total. The maximum atomic E-state index is 12.7. The van der Waals surface area contributed by atoms with Gasteiger partial charge in [-0.1, -0.05) is 29.3 Å². The second-order valence-corrected chi connectivity index (χ2v) is 3.06. The molecule has 0 amide bonds. The van der Waals surface area contributed by atoms with Gasteiger partial charge in [-0.3, -0.25) is 0 Å². The normalized spacial score (nSPS) is 10.6. The average molecular weight is 197 g/mol. The molecule has 0 N–H and O–H groups in total. The van der Waals surface area contributed by atoms with E-state index in [4.69, 9.17) is 23.2 Å². The van der Waals surface area contributed by atoms with Gasteiger partial charge < -0.3 is 0 Å². The fraction of sp³-hybridized carbons (Fsp3) is 0.143. The van der Waals surface area contributed by atoms with E-state index in [2.05, 4.69) is 0 Å². The van der Waals surface area contributed by atoms with Crippen molar-refractivity contribution in [3.8, 4) is 0 Å². The van der Waals surface area contributed by atoms with E-state index in [1.165, 1.54) is 6.07 Å². The molecule has 11 heavy (non-hydrogen) atoms. The minimum atomic E-state index is -0.949. The van der Waals surface area contributed by atoms with Crippen LogP contribution in [-0.4, -0.2) is 0 Å². The highest BCUT2D eigenvalue weighted by Gasteiger charge is 2.09. The molecule has 1 aromatic carbocycles. The monoisotopic (exact) mass is 196 g/mol. The van der Waals surface area contributed by atoms with Crippen LogP contribution in [0.1, 0.15) is 10.4 Å². The summed E-state index contributed by atoms with van der Waals surface area (Å²) in [6, 6.07) is 3.07. The molecule has 1 aromatic rings. The van der Waals surface area contributed by atoms with E-state index in [1.807, 2.05) is 0 Å². The molecule has 0 bridgehead atoms. The number of hydrogen-bond donors (Lipinski definition) is 0. The van der Waals surface area contributed by atoms with Crippen molar-refractivity contribution in [1.29, 1.82) is 0 Å². The number of halogens is 4. The smallest absolute Gasteiger partial charge is 0.135 e. The van der Waals surface area contributed by atoms with E-state index < -0.39 is 16.5 Å². The molecule has 0 spiro atoms. The first kappa shape index (κ1) is 8.75. The van der Waals surface area contributed by atoms with Crippen molar-refractivity contribution in [3.63, 3.8) is 0 Å². The van der Waals surface area contributed by atoms with Gasteiger partial charge in [0.05, 0.1) is 0 Å². The Balaban J connectivity index is 3.09. The molecule has 0 heterocycles. The van der Waals surface area contributed by atoms with Gasteiger partial charge in [0.25, 0.3) is 0 Å². The standard InChI is InChI=1S/C7H4Cl2F2/c8-7(9)5-2-1-4(10)3-6(5)11/h1-3,7H. The van der Waals surface area contributed by atoms with Crippen LogP contribution in [0, 0.1) is 11.6 Å². The summed E-state index contributed by atoms with van der Waals surface area (Å²) in [4.78, 5) is -0.949. The van der Waals surface area contributed by atoms with Gasteiger partial charge in [-0.05, 0) is 6.07 Å². The van der Waals surface area contributed by atoms with Crippen molar-refractivity contribution in [1.82, 2.24) is 0 Å². The first-order chi connectivity index (χ1) is 5.11. The fourth-order valence-corrected chi connectivity index (χ4v) is 1.03. The summed E-state index contributed by atoms with van der Waals surface area (Å²) in [6.07, 6.45) is 0. The quantitative estimate of drug-likeness (QED) is 0.605. The molecule has 0 radical (unpaired) electrons. The Kier molecular flexibility index (Phi) is 2.68. The Bertz CT molecular complexity index is 261. The van der Waals surface area contributed by atoms with Gasteiger partial charge in [0, 0.05) is 11.6 Å². The lowest BCUT2D eigenvalue weighted by Gasteiger charge is -2.01. The van der Waals surface area contributed by atoms with E-state index in [1.54, 1.807) is 0 Å². The lowest BCUT2D eigenvalue weighted by Crippen LogP contribution is -1.89. The maximum Gasteiger partial charge on any atom is 0.135 e. The molecular formula is C7H4Cl2F2.